The van der Waals surface area contributed by atoms with Gasteiger partial charge >= 0.3 is 0 Å². The lowest BCUT2D eigenvalue weighted by Crippen LogP contribution is -2.26. The molecule has 0 aromatic heterocycles. The molecule has 43 heavy (non-hydrogen) atoms. The first-order chi connectivity index (χ1) is 21.1. The number of unbranched alkanes of at least 4 members (excludes halogenated alkanes) is 18. The van der Waals surface area contributed by atoms with E-state index in [0.29, 0.717) is 5.41 Å². The molecule has 0 N–H and O–H groups in total. The molecular formula is C42H77N. The zero-order valence-electron chi connectivity index (χ0n) is 29.9. The Morgan fingerprint density at radius 2 is 0.837 bits per heavy atom. The molecule has 1 heteroatoms. The van der Waals surface area contributed by atoms with E-state index in [0.717, 1.165) is 18.9 Å². The minimum absolute atomic E-state index is 0.610. The van der Waals surface area contributed by atoms with Crippen molar-refractivity contribution in [3.8, 4) is 0 Å². The second-order valence-corrected chi connectivity index (χ2v) is 14.1. The molecule has 0 saturated carbocycles. The van der Waals surface area contributed by atoms with Crippen molar-refractivity contribution in [3.05, 3.63) is 48.6 Å². The Labute approximate surface area is 272 Å². The van der Waals surface area contributed by atoms with Crippen LogP contribution in [-0.4, -0.2) is 24.5 Å². The van der Waals surface area contributed by atoms with Crippen LogP contribution in [0.1, 0.15) is 194 Å². The number of allylic oxidation sites excluding steroid dienone is 8. The van der Waals surface area contributed by atoms with E-state index < -0.39 is 0 Å². The van der Waals surface area contributed by atoms with E-state index in [1.807, 2.05) is 0 Å². The fourth-order valence-electron chi connectivity index (χ4n) is 7.00. The number of nitrogens with zero attached hydrogens (tertiary/aromatic N) is 1. The Bertz CT molecular complexity index is 638. The van der Waals surface area contributed by atoms with Crippen molar-refractivity contribution in [3.63, 3.8) is 0 Å². The van der Waals surface area contributed by atoms with E-state index in [-0.39, 0.29) is 0 Å². The van der Waals surface area contributed by atoms with E-state index >= 15 is 0 Å². The van der Waals surface area contributed by atoms with Gasteiger partial charge in [0.1, 0.15) is 0 Å². The van der Waals surface area contributed by atoms with Gasteiger partial charge < -0.3 is 4.90 Å². The van der Waals surface area contributed by atoms with Crippen LogP contribution in [0.15, 0.2) is 48.6 Å². The van der Waals surface area contributed by atoms with Crippen LogP contribution in [0.4, 0.5) is 0 Å². The molecule has 0 aromatic rings. The second kappa shape index (κ2) is 29.6. The summed E-state index contributed by atoms with van der Waals surface area (Å²) < 4.78 is 0. The van der Waals surface area contributed by atoms with Gasteiger partial charge in [0.25, 0.3) is 0 Å². The molecule has 1 rings (SSSR count). The van der Waals surface area contributed by atoms with Gasteiger partial charge in [0.2, 0.25) is 0 Å². The van der Waals surface area contributed by atoms with Crippen LogP contribution >= 0.6 is 0 Å². The van der Waals surface area contributed by atoms with E-state index in [1.54, 1.807) is 0 Å². The molecule has 1 saturated heterocycles. The minimum Gasteiger partial charge on any atom is -0.303 e. The SMILES string of the molecule is CCCCC/C=C\C/C=C\CCCCCCCCC1(CCCCCCCC/C=C\C/C=C\CCCCC)CC(C)N(C)C1. The van der Waals surface area contributed by atoms with E-state index in [1.165, 1.54) is 167 Å². The van der Waals surface area contributed by atoms with Crippen LogP contribution in [0.5, 0.6) is 0 Å². The average molecular weight is 596 g/mol. The topological polar surface area (TPSA) is 3.24 Å². The molecule has 0 aromatic carbocycles. The lowest BCUT2D eigenvalue weighted by Gasteiger charge is -2.29. The van der Waals surface area contributed by atoms with Crippen LogP contribution < -0.4 is 0 Å². The third-order valence-corrected chi connectivity index (χ3v) is 9.88. The molecule has 1 heterocycles. The van der Waals surface area contributed by atoms with Crippen molar-refractivity contribution in [1.82, 2.24) is 4.90 Å². The molecular weight excluding hydrogens is 518 g/mol. The highest BCUT2D eigenvalue weighted by molar-refractivity contribution is 4.94. The van der Waals surface area contributed by atoms with Crippen molar-refractivity contribution in [2.45, 2.75) is 200 Å². The third-order valence-electron chi connectivity index (χ3n) is 9.88. The summed E-state index contributed by atoms with van der Waals surface area (Å²) in [5, 5.41) is 0. The number of rotatable bonds is 30. The summed E-state index contributed by atoms with van der Waals surface area (Å²) in [4.78, 5) is 2.64. The largest absolute Gasteiger partial charge is 0.303 e. The van der Waals surface area contributed by atoms with Crippen molar-refractivity contribution in [2.24, 2.45) is 5.41 Å². The Morgan fingerprint density at radius 3 is 1.19 bits per heavy atom. The fraction of sp³-hybridized carbons (Fsp3) is 0.810. The molecule has 0 radical (unpaired) electrons. The summed E-state index contributed by atoms with van der Waals surface area (Å²) in [7, 11) is 2.36. The summed E-state index contributed by atoms with van der Waals surface area (Å²) in [6, 6.07) is 0.772. The molecule has 0 spiro atoms. The first kappa shape index (κ1) is 39.9. The van der Waals surface area contributed by atoms with Gasteiger partial charge in [0.15, 0.2) is 0 Å². The zero-order chi connectivity index (χ0) is 31.1. The van der Waals surface area contributed by atoms with Gasteiger partial charge in [-0.1, -0.05) is 152 Å². The Kier molecular flexibility index (Phi) is 27.5. The zero-order valence-corrected chi connectivity index (χ0v) is 29.9. The predicted octanol–water partition coefficient (Wildman–Crippen LogP) is 14.1. The van der Waals surface area contributed by atoms with Crippen molar-refractivity contribution in [2.75, 3.05) is 13.6 Å². The molecule has 250 valence electrons. The summed E-state index contributed by atoms with van der Waals surface area (Å²) in [5.41, 5.74) is 0.610. The van der Waals surface area contributed by atoms with Gasteiger partial charge in [-0.15, -0.1) is 0 Å². The highest BCUT2D eigenvalue weighted by Crippen LogP contribution is 2.43. The first-order valence-electron chi connectivity index (χ1n) is 19.4. The Balaban J connectivity index is 2.05. The molecule has 1 aliphatic rings. The first-order valence-corrected chi connectivity index (χ1v) is 19.4. The minimum atomic E-state index is 0.610. The Hall–Kier alpha value is -1.08. The summed E-state index contributed by atoms with van der Waals surface area (Å²) in [6.45, 7) is 8.35. The van der Waals surface area contributed by atoms with Crippen LogP contribution in [0.2, 0.25) is 0 Å². The number of hydrogen-bond donors (Lipinski definition) is 0. The second-order valence-electron chi connectivity index (χ2n) is 14.1. The maximum Gasteiger partial charge on any atom is 0.00698 e. The van der Waals surface area contributed by atoms with Gasteiger partial charge in [-0.2, -0.15) is 0 Å². The third kappa shape index (κ3) is 23.9. The predicted molar refractivity (Wildman–Crippen MR) is 197 cm³/mol. The summed E-state index contributed by atoms with van der Waals surface area (Å²) in [5.74, 6) is 0. The van der Waals surface area contributed by atoms with E-state index in [4.69, 9.17) is 0 Å². The van der Waals surface area contributed by atoms with Gasteiger partial charge in [-0.05, 0) is 103 Å². The highest BCUT2D eigenvalue weighted by atomic mass is 15.2. The molecule has 0 aliphatic carbocycles. The van der Waals surface area contributed by atoms with E-state index in [2.05, 4.69) is 81.3 Å². The smallest absolute Gasteiger partial charge is 0.00698 e. The molecule has 1 aliphatic heterocycles. The molecule has 1 nitrogen and oxygen atoms in total. The van der Waals surface area contributed by atoms with Gasteiger partial charge in [-0.3, -0.25) is 0 Å². The lowest BCUT2D eigenvalue weighted by atomic mass is 9.76. The maximum atomic E-state index is 2.64. The molecule has 0 bridgehead atoms. The standard InChI is InChI=1S/C42H77N/c1-5-7-9-11-13-15-17-19-21-23-25-27-29-31-33-35-37-42(39-41(3)43(4)40-42)38-36-34-32-30-28-26-24-22-20-18-16-14-12-10-8-6-2/h13-16,19-22,41H,5-12,17-18,23-40H2,1-4H3/b15-13-,16-14-,21-19-,22-20-. The van der Waals surface area contributed by atoms with Crippen LogP contribution in [0.3, 0.4) is 0 Å². The lowest BCUT2D eigenvalue weighted by molar-refractivity contribution is 0.224. The highest BCUT2D eigenvalue weighted by Gasteiger charge is 2.39. The summed E-state index contributed by atoms with van der Waals surface area (Å²) >= 11 is 0. The van der Waals surface area contributed by atoms with Gasteiger partial charge in [-0.25, -0.2) is 0 Å². The molecule has 1 atom stereocenters. The van der Waals surface area contributed by atoms with Crippen LogP contribution in [0.25, 0.3) is 0 Å². The van der Waals surface area contributed by atoms with Crippen LogP contribution in [-0.2, 0) is 0 Å². The maximum absolute atomic E-state index is 2.64. The number of hydrogen-bond acceptors (Lipinski definition) is 1. The molecule has 0 amide bonds. The van der Waals surface area contributed by atoms with Crippen molar-refractivity contribution >= 4 is 0 Å². The fourth-order valence-corrected chi connectivity index (χ4v) is 7.00. The summed E-state index contributed by atoms with van der Waals surface area (Å²) in [6.07, 6.45) is 55.8. The van der Waals surface area contributed by atoms with Crippen molar-refractivity contribution in [1.29, 1.82) is 0 Å². The monoisotopic (exact) mass is 596 g/mol. The Morgan fingerprint density at radius 1 is 0.488 bits per heavy atom. The van der Waals surface area contributed by atoms with Crippen molar-refractivity contribution < 1.29 is 0 Å². The van der Waals surface area contributed by atoms with Gasteiger partial charge in [0.05, 0.1) is 0 Å². The molecule has 1 fully saturated rings. The molecule has 1 unspecified atom stereocenters. The quantitative estimate of drug-likeness (QED) is 0.0589. The van der Waals surface area contributed by atoms with Gasteiger partial charge in [0, 0.05) is 12.6 Å². The normalized spacial score (nSPS) is 17.6. The van der Waals surface area contributed by atoms with Crippen LogP contribution in [0, 0.1) is 5.41 Å². The van der Waals surface area contributed by atoms with E-state index in [9.17, 15) is 0 Å². The number of likely N-dealkylation sites (tertiary alicyclic amines) is 1. The average Bonchev–Trinajstić information content (AvgIpc) is 3.29.